The molecule has 7 heteroatoms. The zero-order valence-electron chi connectivity index (χ0n) is 10.3. The van der Waals surface area contributed by atoms with Crippen LogP contribution in [0.4, 0.5) is 5.13 Å². The van der Waals surface area contributed by atoms with Crippen molar-refractivity contribution in [2.24, 2.45) is 0 Å². The number of aromatic nitrogens is 3. The van der Waals surface area contributed by atoms with E-state index in [4.69, 9.17) is 0 Å². The molecule has 0 radical (unpaired) electrons. The lowest BCUT2D eigenvalue weighted by molar-refractivity contribution is -0.116. The zero-order chi connectivity index (χ0) is 13.3. The van der Waals surface area contributed by atoms with Crippen LogP contribution in [0.3, 0.4) is 0 Å². The normalized spacial score (nSPS) is 10.7. The number of amides is 1. The summed E-state index contributed by atoms with van der Waals surface area (Å²) in [6, 6.07) is 0. The third-order valence-corrected chi connectivity index (χ3v) is 4.43. The van der Waals surface area contributed by atoms with Crippen molar-refractivity contribution in [2.45, 2.75) is 27.3 Å². The Morgan fingerprint density at radius 2 is 2.22 bits per heavy atom. The number of aryl methyl sites for hydroxylation is 2. The summed E-state index contributed by atoms with van der Waals surface area (Å²) in [5.41, 5.74) is 1.82. The van der Waals surface area contributed by atoms with Crippen LogP contribution in [0.2, 0.25) is 0 Å². The number of anilines is 1. The summed E-state index contributed by atoms with van der Waals surface area (Å²) in [5, 5.41) is 7.67. The molecular formula is C11H13BrN4OS. The minimum absolute atomic E-state index is 0.123. The fraction of sp³-hybridized carbons (Fsp3) is 0.364. The average Bonchev–Trinajstić information content (AvgIpc) is 2.80. The smallest absolute Gasteiger partial charge is 0.247 e. The van der Waals surface area contributed by atoms with Gasteiger partial charge in [0.1, 0.15) is 6.54 Å². The van der Waals surface area contributed by atoms with E-state index in [1.165, 1.54) is 11.3 Å². The quantitative estimate of drug-likeness (QED) is 0.942. The molecule has 18 heavy (non-hydrogen) atoms. The van der Waals surface area contributed by atoms with E-state index in [1.54, 1.807) is 10.9 Å². The van der Waals surface area contributed by atoms with Crippen LogP contribution in [0.5, 0.6) is 0 Å². The number of thiazole rings is 1. The Balaban J connectivity index is 2.05. The molecule has 0 unspecified atom stereocenters. The van der Waals surface area contributed by atoms with Gasteiger partial charge in [-0.3, -0.25) is 9.48 Å². The van der Waals surface area contributed by atoms with Gasteiger partial charge < -0.3 is 5.32 Å². The fourth-order valence-corrected chi connectivity index (χ4v) is 2.50. The van der Waals surface area contributed by atoms with E-state index in [9.17, 15) is 4.79 Å². The van der Waals surface area contributed by atoms with E-state index in [0.29, 0.717) is 5.13 Å². The number of hydrogen-bond acceptors (Lipinski definition) is 4. The number of carbonyl (C=O) groups is 1. The summed E-state index contributed by atoms with van der Waals surface area (Å²) in [7, 11) is 0. The molecule has 0 saturated heterocycles. The molecular weight excluding hydrogens is 316 g/mol. The highest BCUT2D eigenvalue weighted by Gasteiger charge is 2.12. The Bertz CT molecular complexity index is 590. The number of hydrogen-bond donors (Lipinski definition) is 1. The molecule has 0 aliphatic heterocycles. The number of carbonyl (C=O) groups excluding carboxylic acids is 1. The first-order valence-electron chi connectivity index (χ1n) is 5.39. The lowest BCUT2D eigenvalue weighted by Crippen LogP contribution is -2.20. The van der Waals surface area contributed by atoms with E-state index in [-0.39, 0.29) is 12.5 Å². The Morgan fingerprint density at radius 1 is 1.50 bits per heavy atom. The van der Waals surface area contributed by atoms with Crippen molar-refractivity contribution < 1.29 is 4.79 Å². The molecule has 1 N–H and O–H groups in total. The molecule has 5 nitrogen and oxygen atoms in total. The number of rotatable bonds is 3. The summed E-state index contributed by atoms with van der Waals surface area (Å²) < 4.78 is 2.62. The highest BCUT2D eigenvalue weighted by Crippen LogP contribution is 2.20. The van der Waals surface area contributed by atoms with Crippen LogP contribution in [0.15, 0.2) is 10.7 Å². The van der Waals surface area contributed by atoms with Crippen molar-refractivity contribution in [1.82, 2.24) is 14.8 Å². The summed E-state index contributed by atoms with van der Waals surface area (Å²) in [5.74, 6) is -0.123. The van der Waals surface area contributed by atoms with Gasteiger partial charge in [-0.05, 0) is 36.7 Å². The molecule has 1 amide bonds. The number of nitrogens with zero attached hydrogens (tertiary/aromatic N) is 3. The summed E-state index contributed by atoms with van der Waals surface area (Å²) in [4.78, 5) is 17.0. The molecule has 96 valence electrons. The molecule has 0 aliphatic carbocycles. The Hall–Kier alpha value is -1.21. The maximum atomic E-state index is 11.8. The van der Waals surface area contributed by atoms with Gasteiger partial charge in [-0.25, -0.2) is 4.98 Å². The molecule has 2 rings (SSSR count). The van der Waals surface area contributed by atoms with Gasteiger partial charge in [0.15, 0.2) is 5.13 Å². The lowest BCUT2D eigenvalue weighted by Gasteiger charge is -2.04. The van der Waals surface area contributed by atoms with Gasteiger partial charge in [-0.1, -0.05) is 0 Å². The Morgan fingerprint density at radius 3 is 2.72 bits per heavy atom. The molecule has 0 spiro atoms. The van der Waals surface area contributed by atoms with Gasteiger partial charge >= 0.3 is 0 Å². The number of halogens is 1. The Kier molecular flexibility index (Phi) is 3.82. The van der Waals surface area contributed by atoms with Crippen molar-refractivity contribution in [1.29, 1.82) is 0 Å². The van der Waals surface area contributed by atoms with Crippen LogP contribution >= 0.6 is 27.3 Å². The molecule has 2 aromatic rings. The summed E-state index contributed by atoms with van der Waals surface area (Å²) >= 11 is 4.89. The molecule has 2 heterocycles. The van der Waals surface area contributed by atoms with Gasteiger partial charge in [0.25, 0.3) is 0 Å². The van der Waals surface area contributed by atoms with E-state index in [1.807, 2.05) is 20.8 Å². The molecule has 2 aromatic heterocycles. The lowest BCUT2D eigenvalue weighted by atomic mass is 10.4. The predicted molar refractivity (Wildman–Crippen MR) is 74.9 cm³/mol. The van der Waals surface area contributed by atoms with Gasteiger partial charge in [0, 0.05) is 11.1 Å². The molecule has 0 fully saturated rings. The third kappa shape index (κ3) is 2.78. The first-order chi connectivity index (χ1) is 8.47. The fourth-order valence-electron chi connectivity index (χ4n) is 1.54. The summed E-state index contributed by atoms with van der Waals surface area (Å²) in [6.07, 6.45) is 1.74. The van der Waals surface area contributed by atoms with Crippen LogP contribution in [-0.4, -0.2) is 20.7 Å². The molecule has 0 atom stereocenters. The average molecular weight is 329 g/mol. The maximum absolute atomic E-state index is 11.8. The highest BCUT2D eigenvalue weighted by molar-refractivity contribution is 9.10. The van der Waals surface area contributed by atoms with Crippen LogP contribution in [0.1, 0.15) is 16.3 Å². The van der Waals surface area contributed by atoms with Crippen molar-refractivity contribution in [2.75, 3.05) is 5.32 Å². The number of nitrogens with one attached hydrogen (secondary N) is 1. The third-order valence-electron chi connectivity index (χ3n) is 2.45. The van der Waals surface area contributed by atoms with Crippen molar-refractivity contribution >= 4 is 38.3 Å². The van der Waals surface area contributed by atoms with Gasteiger partial charge in [0.05, 0.1) is 15.9 Å². The second-order valence-corrected chi connectivity index (χ2v) is 5.99. The zero-order valence-corrected chi connectivity index (χ0v) is 12.7. The molecule has 0 aromatic carbocycles. The van der Waals surface area contributed by atoms with E-state index >= 15 is 0 Å². The topological polar surface area (TPSA) is 59.8 Å². The second kappa shape index (κ2) is 5.19. The second-order valence-electron chi connectivity index (χ2n) is 3.97. The van der Waals surface area contributed by atoms with Crippen molar-refractivity contribution in [3.63, 3.8) is 0 Å². The van der Waals surface area contributed by atoms with Crippen molar-refractivity contribution in [3.8, 4) is 0 Å². The minimum Gasteiger partial charge on any atom is -0.300 e. The highest BCUT2D eigenvalue weighted by atomic mass is 79.9. The van der Waals surface area contributed by atoms with E-state index in [0.717, 1.165) is 20.7 Å². The van der Waals surface area contributed by atoms with Crippen LogP contribution in [-0.2, 0) is 11.3 Å². The van der Waals surface area contributed by atoms with Crippen molar-refractivity contribution in [3.05, 3.63) is 26.9 Å². The van der Waals surface area contributed by atoms with E-state index in [2.05, 4.69) is 31.3 Å². The minimum atomic E-state index is -0.123. The molecule has 0 aliphatic rings. The molecule has 0 saturated carbocycles. The monoisotopic (exact) mass is 328 g/mol. The van der Waals surface area contributed by atoms with E-state index < -0.39 is 0 Å². The maximum Gasteiger partial charge on any atom is 0.247 e. The summed E-state index contributed by atoms with van der Waals surface area (Å²) in [6.45, 7) is 5.96. The van der Waals surface area contributed by atoms with Crippen LogP contribution in [0, 0.1) is 20.8 Å². The standard InChI is InChI=1S/C11H13BrN4OS/c1-6-4-13-11(18-6)14-9(17)5-16-8(3)10(12)7(2)15-16/h4H,5H2,1-3H3,(H,13,14,17). The Labute approximate surface area is 117 Å². The van der Waals surface area contributed by atoms with Crippen LogP contribution < -0.4 is 5.32 Å². The van der Waals surface area contributed by atoms with Gasteiger partial charge in [-0.15, -0.1) is 11.3 Å². The molecule has 0 bridgehead atoms. The first-order valence-corrected chi connectivity index (χ1v) is 7.00. The van der Waals surface area contributed by atoms with Gasteiger partial charge in [0.2, 0.25) is 5.91 Å². The largest absolute Gasteiger partial charge is 0.300 e. The van der Waals surface area contributed by atoms with Crippen LogP contribution in [0.25, 0.3) is 0 Å². The first kappa shape index (κ1) is 13.2. The SMILES string of the molecule is Cc1cnc(NC(=O)Cn2nc(C)c(Br)c2C)s1. The van der Waals surface area contributed by atoms with Gasteiger partial charge in [-0.2, -0.15) is 5.10 Å². The predicted octanol–water partition coefficient (Wildman–Crippen LogP) is 2.67.